The van der Waals surface area contributed by atoms with Gasteiger partial charge < -0.3 is 26.2 Å². The molecule has 21 nitrogen and oxygen atoms in total. The molecule has 1 aliphatic heterocycles. The molecule has 0 aliphatic carbocycles. The molecule has 6 N–H and O–H groups in total. The van der Waals surface area contributed by atoms with E-state index >= 15 is 0 Å². The third kappa shape index (κ3) is 23.8. The fourth-order valence-corrected chi connectivity index (χ4v) is 15.2. The highest BCUT2D eigenvalue weighted by molar-refractivity contribution is 7.91. The third-order valence-electron chi connectivity index (χ3n) is 17.6. The van der Waals surface area contributed by atoms with Crippen molar-refractivity contribution in [1.29, 1.82) is 0 Å². The molecule has 4 aromatic heterocycles. The van der Waals surface area contributed by atoms with Crippen molar-refractivity contribution in [2.45, 2.75) is 50.4 Å². The molecule has 6 amide bonds. The molecule has 0 bridgehead atoms. The van der Waals surface area contributed by atoms with Gasteiger partial charge in [-0.3, -0.25) is 53.9 Å². The number of carbonyl (C=O) groups is 6. The molecular weight excluding hydrogens is 1680 g/mol. The zero-order valence-electron chi connectivity index (χ0n) is 61.7. The van der Waals surface area contributed by atoms with E-state index in [1.54, 1.807) is 172 Å². The summed E-state index contributed by atoms with van der Waals surface area (Å²) in [6.45, 7) is 6.36. The summed E-state index contributed by atoms with van der Waals surface area (Å²) in [6, 6.07) is 60.5. The number of anilines is 4. The Hall–Kier alpha value is -10.6. The van der Waals surface area contributed by atoms with Gasteiger partial charge in [0.25, 0.3) is 35.4 Å². The third-order valence-corrected chi connectivity index (χ3v) is 24.0. The number of hydrogen-bond acceptors (Lipinski definition) is 15. The molecule has 0 saturated carbocycles. The van der Waals surface area contributed by atoms with Gasteiger partial charge in [-0.05, 0) is 220 Å². The van der Waals surface area contributed by atoms with Crippen molar-refractivity contribution in [2.24, 2.45) is 0 Å². The highest BCUT2D eigenvalue weighted by Gasteiger charge is 2.25. The Balaban J connectivity index is 0.000000163. The van der Waals surface area contributed by atoms with Crippen LogP contribution in [0.4, 0.5) is 22.7 Å². The van der Waals surface area contributed by atoms with Gasteiger partial charge in [0.05, 0.1) is 102 Å². The Morgan fingerprint density at radius 3 is 0.983 bits per heavy atom. The number of pyridine rings is 4. The Labute approximate surface area is 709 Å². The molecule has 1 aliphatic rings. The molecule has 8 aromatic carbocycles. The number of carbonyl (C=O) groups excluding carboxylic acids is 6. The van der Waals surface area contributed by atoms with Gasteiger partial charge >= 0.3 is 0 Å². The van der Waals surface area contributed by atoms with Crippen LogP contribution in [0, 0.1) is 0 Å². The van der Waals surface area contributed by atoms with E-state index in [1.165, 1.54) is 47.9 Å². The Morgan fingerprint density at radius 2 is 0.690 bits per heavy atom. The minimum atomic E-state index is -3.26. The Bertz CT molecular complexity index is 5870. The fraction of sp³-hybridized carbons (Fsp3) is 0.129. The van der Waals surface area contributed by atoms with E-state index in [1.807, 2.05) is 54.6 Å². The molecule has 0 radical (unpaired) electrons. The van der Waals surface area contributed by atoms with Gasteiger partial charge in [0.2, 0.25) is 0 Å². The molecule has 0 spiro atoms. The summed E-state index contributed by atoms with van der Waals surface area (Å²) >= 11 is 50.0. The van der Waals surface area contributed by atoms with Crippen LogP contribution in [0.25, 0.3) is 45.0 Å². The summed E-state index contributed by atoms with van der Waals surface area (Å²) in [7, 11) is -6.45. The number of hydrogen-bond donors (Lipinski definition) is 6. The molecule has 0 atom stereocenters. The van der Waals surface area contributed by atoms with Crippen molar-refractivity contribution in [3.63, 3.8) is 0 Å². The van der Waals surface area contributed by atoms with Crippen LogP contribution in [0.15, 0.2) is 243 Å². The van der Waals surface area contributed by atoms with Crippen LogP contribution in [0.2, 0.25) is 40.2 Å². The lowest BCUT2D eigenvalue weighted by molar-refractivity contribution is 0.0705. The van der Waals surface area contributed by atoms with Gasteiger partial charge in [0, 0.05) is 99.8 Å². The number of nitrogens with one attached hydrogen (secondary N) is 5. The molecular formula is C85H70Cl8N10O11S2. The number of nitrogens with zero attached hydrogens (tertiary/aromatic N) is 5. The van der Waals surface area contributed by atoms with E-state index in [9.17, 15) is 45.6 Å². The standard InChI is InChI=1S/C23H19Cl2N3O2.C22H20Cl2N2O3S.C21H18Cl2N2O3S.C19H13Cl2N3O3/c24-19-9-7-16(14-18(19)21-5-1-2-10-26-21)27-22(29)17-8-6-15(13-20(17)25)23(30)28-11-3-4-12-28;1-14(2)30(28,29)13-15-6-8-17(20(24)11-15)22(27)26-16-7-9-19(23)18(12-16)21-5-3-4-10-25-21;1-2-29(27,28)13-14-6-8-16(19(23)11-14)21(26)25-15-7-9-18(22)17(12-15)20-5-3-4-10-24-20;20-15-7-5-12(10-14(15)17-3-1-2-8-22-17)23-19(26)13-6-4-11(9-16(13)21)18(25)24-27/h1-2,5-10,13-14H,3-4,11-12H2,(H,27,29);3-12,14H,13H2,1-2H3,(H,26,27);3-12H,2,13H2,1H3,(H,25,26);1-10,27H,(H,23,26)(H,24,25). The van der Waals surface area contributed by atoms with Gasteiger partial charge in [0.15, 0.2) is 19.7 Å². The molecule has 0 unspecified atom stereocenters. The summed E-state index contributed by atoms with van der Waals surface area (Å²) in [5.74, 6) is -2.61. The maximum atomic E-state index is 12.8. The van der Waals surface area contributed by atoms with Gasteiger partial charge in [-0.15, -0.1) is 0 Å². The largest absolute Gasteiger partial charge is 0.339 e. The quantitative estimate of drug-likeness (QED) is 0.0305. The molecule has 1 saturated heterocycles. The number of likely N-dealkylation sites (tertiary alicyclic amines) is 1. The number of amides is 6. The molecule has 5 heterocycles. The van der Waals surface area contributed by atoms with E-state index in [4.69, 9.17) is 98.0 Å². The zero-order chi connectivity index (χ0) is 83.4. The van der Waals surface area contributed by atoms with Crippen LogP contribution in [0.1, 0.15) is 107 Å². The van der Waals surface area contributed by atoms with Crippen molar-refractivity contribution >= 4 is 171 Å². The number of rotatable bonds is 20. The average Bonchev–Trinajstić information content (AvgIpc) is 1.07. The average molecular weight is 1760 g/mol. The second-order valence-electron chi connectivity index (χ2n) is 25.9. The van der Waals surface area contributed by atoms with Gasteiger partial charge in [0.1, 0.15) is 0 Å². The molecule has 31 heteroatoms. The van der Waals surface area contributed by atoms with Crippen LogP contribution < -0.4 is 26.7 Å². The van der Waals surface area contributed by atoms with Crippen LogP contribution >= 0.6 is 92.8 Å². The fourth-order valence-electron chi connectivity index (χ4n) is 11.3. The van der Waals surface area contributed by atoms with Crippen LogP contribution in [0.5, 0.6) is 0 Å². The molecule has 1 fully saturated rings. The minimum absolute atomic E-state index is 0.0437. The molecule has 13 rings (SSSR count). The predicted octanol–water partition coefficient (Wildman–Crippen LogP) is 20.8. The first-order valence-corrected chi connectivity index (χ1v) is 42.0. The summed E-state index contributed by atoms with van der Waals surface area (Å²) < 4.78 is 47.8. The minimum Gasteiger partial charge on any atom is -0.339 e. The maximum absolute atomic E-state index is 12.8. The van der Waals surface area contributed by atoms with Crippen molar-refractivity contribution < 1.29 is 50.8 Å². The first-order chi connectivity index (χ1) is 55.5. The van der Waals surface area contributed by atoms with E-state index in [2.05, 4.69) is 41.2 Å². The highest BCUT2D eigenvalue weighted by Crippen LogP contribution is 2.36. The first kappa shape index (κ1) is 87.7. The maximum Gasteiger partial charge on any atom is 0.274 e. The van der Waals surface area contributed by atoms with Gasteiger partial charge in [-0.25, -0.2) is 22.3 Å². The first-order valence-electron chi connectivity index (χ1n) is 35.4. The van der Waals surface area contributed by atoms with Crippen molar-refractivity contribution in [1.82, 2.24) is 30.3 Å². The molecule has 116 heavy (non-hydrogen) atoms. The summed E-state index contributed by atoms with van der Waals surface area (Å²) in [4.78, 5) is 93.5. The van der Waals surface area contributed by atoms with Crippen molar-refractivity contribution in [2.75, 3.05) is 40.1 Å². The highest BCUT2D eigenvalue weighted by atomic mass is 35.5. The number of benzene rings is 8. The van der Waals surface area contributed by atoms with E-state index in [-0.39, 0.29) is 71.4 Å². The number of sulfone groups is 2. The van der Waals surface area contributed by atoms with Crippen molar-refractivity contribution in [3.05, 3.63) is 328 Å². The zero-order valence-corrected chi connectivity index (χ0v) is 69.4. The summed E-state index contributed by atoms with van der Waals surface area (Å²) in [5.41, 5.74) is 11.9. The van der Waals surface area contributed by atoms with E-state index < -0.39 is 48.6 Å². The normalized spacial score (nSPS) is 11.6. The second-order valence-corrected chi connectivity index (χ2v) is 34.1. The SMILES string of the molecule is CC(C)S(=O)(=O)Cc1ccc(C(=O)Nc2ccc(Cl)c(-c3ccccn3)c2)c(Cl)c1.CCS(=O)(=O)Cc1ccc(C(=O)Nc2ccc(Cl)c(-c3ccccn3)c2)c(Cl)c1.O=C(NO)c1ccc(C(=O)Nc2ccc(Cl)c(-c3ccccn3)c2)c(Cl)c1.O=C(Nc1ccc(Cl)c(-c2ccccn2)c1)c1ccc(C(=O)N2CCCC2)cc1Cl. The Morgan fingerprint density at radius 1 is 0.379 bits per heavy atom. The smallest absolute Gasteiger partial charge is 0.274 e. The monoisotopic (exact) mass is 1750 g/mol. The van der Waals surface area contributed by atoms with E-state index in [0.29, 0.717) is 110 Å². The lowest BCUT2D eigenvalue weighted by Crippen LogP contribution is -2.27. The molecule has 12 aromatic rings. The Kier molecular flexibility index (Phi) is 30.8. The van der Waals surface area contributed by atoms with Gasteiger partial charge in [-0.2, -0.15) is 0 Å². The van der Waals surface area contributed by atoms with Gasteiger partial charge in [-0.1, -0.05) is 136 Å². The van der Waals surface area contributed by atoms with Crippen LogP contribution in [-0.2, 0) is 31.2 Å². The lowest BCUT2D eigenvalue weighted by atomic mass is 10.1. The topological polar surface area (TPSA) is 306 Å². The molecule has 594 valence electrons. The van der Waals surface area contributed by atoms with Crippen LogP contribution in [0.3, 0.4) is 0 Å². The number of aromatic nitrogens is 4. The van der Waals surface area contributed by atoms with Crippen LogP contribution in [-0.4, -0.2) is 106 Å². The number of halogens is 8. The van der Waals surface area contributed by atoms with E-state index in [0.717, 1.165) is 25.9 Å². The number of hydroxylamine groups is 1. The predicted molar refractivity (Wildman–Crippen MR) is 462 cm³/mol. The summed E-state index contributed by atoms with van der Waals surface area (Å²) in [5, 5.41) is 22.1. The summed E-state index contributed by atoms with van der Waals surface area (Å²) in [6.07, 6.45) is 8.69. The second kappa shape index (κ2) is 40.8. The van der Waals surface area contributed by atoms with Crippen molar-refractivity contribution in [3.8, 4) is 45.0 Å². The lowest BCUT2D eigenvalue weighted by Gasteiger charge is -2.16.